The van der Waals surface area contributed by atoms with Gasteiger partial charge >= 0.3 is 5.97 Å². The highest BCUT2D eigenvalue weighted by Gasteiger charge is 2.31. The minimum atomic E-state index is -1.02. The zero-order valence-electron chi connectivity index (χ0n) is 11.0. The van der Waals surface area contributed by atoms with Crippen molar-refractivity contribution in [1.29, 1.82) is 0 Å². The van der Waals surface area contributed by atoms with Crippen LogP contribution < -0.4 is 5.32 Å². The molecule has 0 radical (unpaired) electrons. The van der Waals surface area contributed by atoms with Crippen LogP contribution in [0.2, 0.25) is 0 Å². The van der Waals surface area contributed by atoms with Crippen molar-refractivity contribution < 1.29 is 14.7 Å². The van der Waals surface area contributed by atoms with E-state index in [2.05, 4.69) is 21.2 Å². The van der Waals surface area contributed by atoms with E-state index >= 15 is 0 Å². The van der Waals surface area contributed by atoms with Crippen molar-refractivity contribution in [2.45, 2.75) is 12.3 Å². The van der Waals surface area contributed by atoms with Gasteiger partial charge in [-0.05, 0) is 51.7 Å². The van der Waals surface area contributed by atoms with Gasteiger partial charge in [-0.3, -0.25) is 4.79 Å². The average Bonchev–Trinajstić information content (AvgIpc) is 2.42. The summed E-state index contributed by atoms with van der Waals surface area (Å²) in [6.45, 7) is 0. The number of benzene rings is 2. The lowest BCUT2D eigenvalue weighted by molar-refractivity contribution is -0.118. The summed E-state index contributed by atoms with van der Waals surface area (Å²) >= 11 is 3.32. The minimum absolute atomic E-state index is 0.114. The number of anilines is 1. The summed E-state index contributed by atoms with van der Waals surface area (Å²) in [6.07, 6.45) is 0.720. The molecule has 0 saturated carbocycles. The van der Waals surface area contributed by atoms with E-state index in [9.17, 15) is 9.59 Å². The average molecular weight is 346 g/mol. The number of hydrogen-bond donors (Lipinski definition) is 2. The van der Waals surface area contributed by atoms with Gasteiger partial charge < -0.3 is 10.4 Å². The Morgan fingerprint density at radius 3 is 2.67 bits per heavy atom. The maximum absolute atomic E-state index is 12.3. The standard InChI is InChI=1S/C16H12BrNO3/c17-13-6-5-10(16(20)21)8-14(13)18-15(19)12-7-9-3-1-2-4-11(9)12/h1-6,8,12H,7H2,(H,18,19)(H,20,21). The second kappa shape index (κ2) is 5.33. The maximum atomic E-state index is 12.3. The number of amides is 1. The molecule has 1 atom stereocenters. The zero-order chi connectivity index (χ0) is 15.0. The first-order chi connectivity index (χ1) is 10.1. The third-order valence-corrected chi connectivity index (χ3v) is 4.33. The van der Waals surface area contributed by atoms with E-state index in [-0.39, 0.29) is 17.4 Å². The molecule has 0 spiro atoms. The third-order valence-electron chi connectivity index (χ3n) is 3.64. The summed E-state index contributed by atoms with van der Waals surface area (Å²) < 4.78 is 0.661. The van der Waals surface area contributed by atoms with Crippen molar-refractivity contribution in [2.24, 2.45) is 0 Å². The maximum Gasteiger partial charge on any atom is 0.335 e. The van der Waals surface area contributed by atoms with Crippen molar-refractivity contribution in [3.05, 3.63) is 63.6 Å². The van der Waals surface area contributed by atoms with Gasteiger partial charge in [-0.1, -0.05) is 24.3 Å². The van der Waals surface area contributed by atoms with Crippen LogP contribution in [0.5, 0.6) is 0 Å². The third kappa shape index (κ3) is 2.56. The molecule has 0 aromatic heterocycles. The molecule has 5 heteroatoms. The monoisotopic (exact) mass is 345 g/mol. The SMILES string of the molecule is O=C(O)c1ccc(Br)c(NC(=O)C2Cc3ccccc32)c1. The molecule has 3 rings (SSSR count). The van der Waals surface area contributed by atoms with Crippen molar-refractivity contribution >= 4 is 33.5 Å². The van der Waals surface area contributed by atoms with Crippen molar-refractivity contribution in [3.63, 3.8) is 0 Å². The van der Waals surface area contributed by atoms with Crippen molar-refractivity contribution in [1.82, 2.24) is 0 Å². The summed E-state index contributed by atoms with van der Waals surface area (Å²) in [5, 5.41) is 11.8. The van der Waals surface area contributed by atoms with Crippen LogP contribution in [0.15, 0.2) is 46.9 Å². The molecule has 4 nitrogen and oxygen atoms in total. The first-order valence-electron chi connectivity index (χ1n) is 6.48. The fourth-order valence-corrected chi connectivity index (χ4v) is 2.81. The summed E-state index contributed by atoms with van der Waals surface area (Å²) in [5.74, 6) is -1.30. The fraction of sp³-hybridized carbons (Fsp3) is 0.125. The molecular formula is C16H12BrNO3. The summed E-state index contributed by atoms with van der Waals surface area (Å²) in [4.78, 5) is 23.3. The molecule has 1 aliphatic rings. The van der Waals surface area contributed by atoms with Crippen LogP contribution in [0.1, 0.15) is 27.4 Å². The predicted molar refractivity (Wildman–Crippen MR) is 82.6 cm³/mol. The Kier molecular flexibility index (Phi) is 3.51. The molecule has 0 aliphatic heterocycles. The Labute approximate surface area is 129 Å². The lowest BCUT2D eigenvalue weighted by Gasteiger charge is -2.29. The first kappa shape index (κ1) is 13.8. The van der Waals surface area contributed by atoms with Gasteiger partial charge in [0.05, 0.1) is 17.2 Å². The number of halogens is 1. The Hall–Kier alpha value is -2.14. The van der Waals surface area contributed by atoms with E-state index in [1.807, 2.05) is 24.3 Å². The van der Waals surface area contributed by atoms with E-state index < -0.39 is 5.97 Å². The molecular weight excluding hydrogens is 334 g/mol. The minimum Gasteiger partial charge on any atom is -0.478 e. The van der Waals surface area contributed by atoms with Gasteiger partial charge in [0.25, 0.3) is 0 Å². The largest absolute Gasteiger partial charge is 0.478 e. The first-order valence-corrected chi connectivity index (χ1v) is 7.27. The number of carboxylic acids is 1. The van der Waals surface area contributed by atoms with Crippen LogP contribution in [-0.2, 0) is 11.2 Å². The Morgan fingerprint density at radius 1 is 1.19 bits per heavy atom. The number of carbonyl (C=O) groups excluding carboxylic acids is 1. The van der Waals surface area contributed by atoms with Crippen LogP contribution in [0.25, 0.3) is 0 Å². The van der Waals surface area contributed by atoms with Gasteiger partial charge in [-0.15, -0.1) is 0 Å². The Morgan fingerprint density at radius 2 is 1.95 bits per heavy atom. The topological polar surface area (TPSA) is 66.4 Å². The molecule has 0 heterocycles. The normalized spacial score (nSPS) is 15.8. The van der Waals surface area contributed by atoms with Gasteiger partial charge in [0.2, 0.25) is 5.91 Å². The number of hydrogen-bond acceptors (Lipinski definition) is 2. The fourth-order valence-electron chi connectivity index (χ4n) is 2.47. The summed E-state index contributed by atoms with van der Waals surface area (Å²) in [6, 6.07) is 12.4. The number of aromatic carboxylic acids is 1. The number of rotatable bonds is 3. The smallest absolute Gasteiger partial charge is 0.335 e. The van der Waals surface area contributed by atoms with E-state index in [4.69, 9.17) is 5.11 Å². The van der Waals surface area contributed by atoms with E-state index in [1.165, 1.54) is 17.7 Å². The van der Waals surface area contributed by atoms with Crippen LogP contribution in [0.4, 0.5) is 5.69 Å². The molecule has 1 aliphatic carbocycles. The summed E-state index contributed by atoms with van der Waals surface area (Å²) in [7, 11) is 0. The van der Waals surface area contributed by atoms with Gasteiger partial charge in [0.1, 0.15) is 0 Å². The Bertz CT molecular complexity index is 742. The van der Waals surface area contributed by atoms with Crippen LogP contribution in [0.3, 0.4) is 0 Å². The lowest BCUT2D eigenvalue weighted by Crippen LogP contribution is -2.30. The van der Waals surface area contributed by atoms with Crippen molar-refractivity contribution in [2.75, 3.05) is 5.32 Å². The molecule has 106 valence electrons. The molecule has 2 aromatic carbocycles. The van der Waals surface area contributed by atoms with E-state index in [0.717, 1.165) is 12.0 Å². The molecule has 21 heavy (non-hydrogen) atoms. The molecule has 0 bridgehead atoms. The highest BCUT2D eigenvalue weighted by atomic mass is 79.9. The van der Waals surface area contributed by atoms with Gasteiger partial charge in [0.15, 0.2) is 0 Å². The highest BCUT2D eigenvalue weighted by Crippen LogP contribution is 2.36. The molecule has 1 amide bonds. The molecule has 0 saturated heterocycles. The quantitative estimate of drug-likeness (QED) is 0.895. The lowest BCUT2D eigenvalue weighted by atomic mass is 9.77. The highest BCUT2D eigenvalue weighted by molar-refractivity contribution is 9.10. The number of carbonyl (C=O) groups is 2. The number of nitrogens with one attached hydrogen (secondary N) is 1. The number of fused-ring (bicyclic) bond motifs is 1. The van der Waals surface area contributed by atoms with E-state index in [0.29, 0.717) is 10.2 Å². The van der Waals surface area contributed by atoms with Crippen LogP contribution in [-0.4, -0.2) is 17.0 Å². The second-order valence-electron chi connectivity index (χ2n) is 4.94. The molecule has 1 unspecified atom stereocenters. The van der Waals surface area contributed by atoms with Gasteiger partial charge in [-0.2, -0.15) is 0 Å². The van der Waals surface area contributed by atoms with Crippen molar-refractivity contribution in [3.8, 4) is 0 Å². The molecule has 2 aromatic rings. The van der Waals surface area contributed by atoms with Gasteiger partial charge in [-0.25, -0.2) is 4.79 Å². The van der Waals surface area contributed by atoms with E-state index in [1.54, 1.807) is 6.07 Å². The summed E-state index contributed by atoms with van der Waals surface area (Å²) in [5.41, 5.74) is 2.85. The zero-order valence-corrected chi connectivity index (χ0v) is 12.6. The van der Waals surface area contributed by atoms with Crippen LogP contribution in [0, 0.1) is 0 Å². The molecule has 0 fully saturated rings. The molecule has 2 N–H and O–H groups in total. The van der Waals surface area contributed by atoms with Gasteiger partial charge in [0, 0.05) is 4.47 Å². The predicted octanol–water partition coefficient (Wildman–Crippen LogP) is 3.43. The Balaban J connectivity index is 1.80. The van der Waals surface area contributed by atoms with Crippen LogP contribution >= 0.6 is 15.9 Å². The second-order valence-corrected chi connectivity index (χ2v) is 5.80. The number of carboxylic acid groups (broad SMARTS) is 1.